The summed E-state index contributed by atoms with van der Waals surface area (Å²) in [6.45, 7) is 0. The number of aromatic nitrogens is 1. The van der Waals surface area contributed by atoms with Crippen LogP contribution in [0.1, 0.15) is 16.1 Å². The quantitative estimate of drug-likeness (QED) is 0.941. The van der Waals surface area contributed by atoms with Crippen LogP contribution in [-0.4, -0.2) is 10.9 Å². The summed E-state index contributed by atoms with van der Waals surface area (Å²) in [6.07, 6.45) is -3.17. The van der Waals surface area contributed by atoms with E-state index in [0.29, 0.717) is 0 Å². The van der Waals surface area contributed by atoms with Crippen molar-refractivity contribution in [1.29, 1.82) is 0 Å². The van der Waals surface area contributed by atoms with E-state index in [-0.39, 0.29) is 17.2 Å². The van der Waals surface area contributed by atoms with E-state index in [1.807, 2.05) is 0 Å². The lowest BCUT2D eigenvalue weighted by molar-refractivity contribution is -0.137. The first kappa shape index (κ1) is 13.9. The molecular weight excluding hydrogens is 273 g/mol. The highest BCUT2D eigenvalue weighted by Gasteiger charge is 2.30. The van der Waals surface area contributed by atoms with Gasteiger partial charge in [0.05, 0.1) is 5.56 Å². The Morgan fingerprint density at radius 1 is 1.15 bits per heavy atom. The standard InChI is InChI=1S/C13H9F3N2O2/c14-13(15,16)8-2-1-3-9(6-8)20-10-4-5-18-11(7-10)12(17)19/h1-7H,(H2,17,19). The van der Waals surface area contributed by atoms with E-state index in [0.717, 1.165) is 12.1 Å². The van der Waals surface area contributed by atoms with Gasteiger partial charge in [0.15, 0.2) is 0 Å². The van der Waals surface area contributed by atoms with Crippen LogP contribution >= 0.6 is 0 Å². The molecule has 0 aliphatic heterocycles. The molecule has 2 N–H and O–H groups in total. The van der Waals surface area contributed by atoms with E-state index in [1.165, 1.54) is 30.5 Å². The van der Waals surface area contributed by atoms with Crippen molar-refractivity contribution >= 4 is 5.91 Å². The molecule has 0 aliphatic carbocycles. The average Bonchev–Trinajstić information content (AvgIpc) is 2.38. The highest BCUT2D eigenvalue weighted by molar-refractivity contribution is 5.91. The van der Waals surface area contributed by atoms with Crippen LogP contribution in [0.4, 0.5) is 13.2 Å². The number of rotatable bonds is 3. The number of amides is 1. The van der Waals surface area contributed by atoms with Crippen LogP contribution in [0, 0.1) is 0 Å². The summed E-state index contributed by atoms with van der Waals surface area (Å²) in [5.41, 5.74) is 4.20. The first-order valence-corrected chi connectivity index (χ1v) is 5.47. The van der Waals surface area contributed by atoms with Gasteiger partial charge in [-0.2, -0.15) is 13.2 Å². The molecule has 0 saturated heterocycles. The third kappa shape index (κ3) is 3.25. The van der Waals surface area contributed by atoms with Crippen LogP contribution in [0.3, 0.4) is 0 Å². The molecule has 0 radical (unpaired) electrons. The Morgan fingerprint density at radius 2 is 1.85 bits per heavy atom. The van der Waals surface area contributed by atoms with Crippen molar-refractivity contribution in [1.82, 2.24) is 4.98 Å². The smallest absolute Gasteiger partial charge is 0.416 e. The van der Waals surface area contributed by atoms with Crippen molar-refractivity contribution in [3.05, 3.63) is 53.9 Å². The SMILES string of the molecule is NC(=O)c1cc(Oc2cccc(C(F)(F)F)c2)ccn1. The number of primary amides is 1. The molecule has 2 rings (SSSR count). The van der Waals surface area contributed by atoms with Gasteiger partial charge in [-0.05, 0) is 24.3 Å². The van der Waals surface area contributed by atoms with Crippen LogP contribution in [-0.2, 0) is 6.18 Å². The maximum Gasteiger partial charge on any atom is 0.416 e. The van der Waals surface area contributed by atoms with E-state index >= 15 is 0 Å². The van der Waals surface area contributed by atoms with E-state index in [1.54, 1.807) is 0 Å². The first-order valence-electron chi connectivity index (χ1n) is 5.47. The van der Waals surface area contributed by atoms with E-state index in [4.69, 9.17) is 10.5 Å². The summed E-state index contributed by atoms with van der Waals surface area (Å²) in [5.74, 6) is -0.575. The van der Waals surface area contributed by atoms with Crippen LogP contribution in [0.25, 0.3) is 0 Å². The molecule has 0 spiro atoms. The van der Waals surface area contributed by atoms with Gasteiger partial charge in [0.25, 0.3) is 5.91 Å². The maximum absolute atomic E-state index is 12.5. The fraction of sp³-hybridized carbons (Fsp3) is 0.0769. The summed E-state index contributed by atoms with van der Waals surface area (Å²) in [7, 11) is 0. The van der Waals surface area contributed by atoms with Crippen LogP contribution in [0.5, 0.6) is 11.5 Å². The zero-order valence-corrected chi connectivity index (χ0v) is 10.0. The molecule has 0 saturated carbocycles. The topological polar surface area (TPSA) is 65.2 Å². The summed E-state index contributed by atoms with van der Waals surface area (Å²) in [5, 5.41) is 0. The van der Waals surface area contributed by atoms with Gasteiger partial charge in [0, 0.05) is 12.3 Å². The minimum Gasteiger partial charge on any atom is -0.457 e. The number of pyridine rings is 1. The van der Waals surface area contributed by atoms with Gasteiger partial charge >= 0.3 is 6.18 Å². The Kier molecular flexibility index (Phi) is 3.60. The number of halogens is 3. The highest BCUT2D eigenvalue weighted by Crippen LogP contribution is 2.32. The molecule has 0 fully saturated rings. The number of carbonyl (C=O) groups excluding carboxylic acids is 1. The molecule has 104 valence electrons. The number of benzene rings is 1. The molecule has 4 nitrogen and oxygen atoms in total. The predicted molar refractivity (Wildman–Crippen MR) is 64.3 cm³/mol. The largest absolute Gasteiger partial charge is 0.457 e. The minimum atomic E-state index is -4.45. The van der Waals surface area contributed by atoms with Gasteiger partial charge in [-0.15, -0.1) is 0 Å². The van der Waals surface area contributed by atoms with E-state index < -0.39 is 17.6 Å². The lowest BCUT2D eigenvalue weighted by Crippen LogP contribution is -2.12. The highest BCUT2D eigenvalue weighted by atomic mass is 19.4. The Bertz CT molecular complexity index is 642. The van der Waals surface area contributed by atoms with Gasteiger partial charge in [0.2, 0.25) is 0 Å². The third-order valence-electron chi connectivity index (χ3n) is 2.38. The predicted octanol–water partition coefficient (Wildman–Crippen LogP) is 2.99. The molecule has 0 bridgehead atoms. The molecule has 1 heterocycles. The van der Waals surface area contributed by atoms with Gasteiger partial charge in [-0.3, -0.25) is 9.78 Å². The fourth-order valence-corrected chi connectivity index (χ4v) is 1.48. The number of hydrogen-bond donors (Lipinski definition) is 1. The number of nitrogens with two attached hydrogens (primary N) is 1. The molecule has 1 aromatic carbocycles. The van der Waals surface area contributed by atoms with Crippen LogP contribution in [0.2, 0.25) is 0 Å². The van der Waals surface area contributed by atoms with Crippen molar-refractivity contribution < 1.29 is 22.7 Å². The Labute approximate surface area is 112 Å². The van der Waals surface area contributed by atoms with Crippen molar-refractivity contribution in [2.24, 2.45) is 5.73 Å². The fourth-order valence-electron chi connectivity index (χ4n) is 1.48. The summed E-state index contributed by atoms with van der Waals surface area (Å²) in [4.78, 5) is 14.6. The molecule has 1 amide bonds. The maximum atomic E-state index is 12.5. The molecule has 0 atom stereocenters. The molecule has 0 aliphatic rings. The first-order chi connectivity index (χ1) is 9.36. The number of carbonyl (C=O) groups is 1. The third-order valence-corrected chi connectivity index (χ3v) is 2.38. The van der Waals surface area contributed by atoms with Crippen molar-refractivity contribution in [3.63, 3.8) is 0 Å². The Balaban J connectivity index is 2.26. The zero-order chi connectivity index (χ0) is 14.8. The van der Waals surface area contributed by atoms with Crippen molar-refractivity contribution in [2.75, 3.05) is 0 Å². The van der Waals surface area contributed by atoms with Gasteiger partial charge < -0.3 is 10.5 Å². The number of nitrogens with zero attached hydrogens (tertiary/aromatic N) is 1. The second kappa shape index (κ2) is 5.20. The Morgan fingerprint density at radius 3 is 2.50 bits per heavy atom. The lowest BCUT2D eigenvalue weighted by Gasteiger charge is -2.10. The monoisotopic (exact) mass is 282 g/mol. The van der Waals surface area contributed by atoms with E-state index in [9.17, 15) is 18.0 Å². The number of hydrogen-bond acceptors (Lipinski definition) is 3. The molecule has 20 heavy (non-hydrogen) atoms. The second-order valence-corrected chi connectivity index (χ2v) is 3.87. The number of alkyl halides is 3. The Hall–Kier alpha value is -2.57. The van der Waals surface area contributed by atoms with Crippen molar-refractivity contribution in [2.45, 2.75) is 6.18 Å². The zero-order valence-electron chi connectivity index (χ0n) is 10.0. The lowest BCUT2D eigenvalue weighted by atomic mass is 10.2. The van der Waals surface area contributed by atoms with Crippen LogP contribution < -0.4 is 10.5 Å². The van der Waals surface area contributed by atoms with Crippen molar-refractivity contribution in [3.8, 4) is 11.5 Å². The molecule has 7 heteroatoms. The summed E-state index contributed by atoms with van der Waals surface area (Å²) < 4.78 is 42.9. The molecular formula is C13H9F3N2O2. The minimum absolute atomic E-state index is 0.00134. The second-order valence-electron chi connectivity index (χ2n) is 3.87. The normalized spacial score (nSPS) is 11.2. The van der Waals surface area contributed by atoms with Gasteiger partial charge in [-0.1, -0.05) is 6.07 Å². The molecule has 1 aromatic heterocycles. The summed E-state index contributed by atoms with van der Waals surface area (Å²) >= 11 is 0. The average molecular weight is 282 g/mol. The van der Waals surface area contributed by atoms with Gasteiger partial charge in [0.1, 0.15) is 17.2 Å². The molecule has 2 aromatic rings. The van der Waals surface area contributed by atoms with Crippen LogP contribution in [0.15, 0.2) is 42.6 Å². The van der Waals surface area contributed by atoms with Gasteiger partial charge in [-0.25, -0.2) is 0 Å². The number of ether oxygens (including phenoxy) is 1. The summed E-state index contributed by atoms with van der Waals surface area (Å²) in [6, 6.07) is 7.07. The van der Waals surface area contributed by atoms with E-state index in [2.05, 4.69) is 4.98 Å². The molecule has 0 unspecified atom stereocenters.